The van der Waals surface area contributed by atoms with Crippen LogP contribution in [0, 0.1) is 0 Å². The summed E-state index contributed by atoms with van der Waals surface area (Å²) in [7, 11) is 1.98. The highest BCUT2D eigenvalue weighted by Gasteiger charge is 1.99. The molecule has 0 aliphatic heterocycles. The van der Waals surface area contributed by atoms with E-state index in [2.05, 4.69) is 19.1 Å². The number of hydrogen-bond acceptors (Lipinski definition) is 2. The summed E-state index contributed by atoms with van der Waals surface area (Å²) in [6.07, 6.45) is 16.6. The Kier molecular flexibility index (Phi) is 12.7. The zero-order chi connectivity index (χ0) is 16.6. The van der Waals surface area contributed by atoms with Gasteiger partial charge in [-0.1, -0.05) is 95.8 Å². The van der Waals surface area contributed by atoms with E-state index in [0.717, 1.165) is 18.7 Å². The van der Waals surface area contributed by atoms with Crippen LogP contribution in [0.1, 0.15) is 84.0 Å². The van der Waals surface area contributed by atoms with Gasteiger partial charge in [0.1, 0.15) is 0 Å². The van der Waals surface area contributed by atoms with Crippen LogP contribution in [0.4, 0.5) is 5.69 Å². The Labute approximate surface area is 144 Å². The number of hydrogen-bond donors (Lipinski definition) is 0. The van der Waals surface area contributed by atoms with Crippen molar-refractivity contribution in [3.8, 4) is 0 Å². The molecule has 0 aromatic heterocycles. The largest absolute Gasteiger partial charge is 0.274 e. The molecule has 0 aliphatic rings. The second-order valence-corrected chi connectivity index (χ2v) is 6.56. The van der Waals surface area contributed by atoms with Crippen molar-refractivity contribution in [2.75, 3.05) is 18.7 Å². The third kappa shape index (κ3) is 11.2. The minimum absolute atomic E-state index is 0.822. The van der Waals surface area contributed by atoms with Crippen LogP contribution in [0.15, 0.2) is 30.3 Å². The Morgan fingerprint density at radius 3 is 1.70 bits per heavy atom. The van der Waals surface area contributed by atoms with E-state index in [1.165, 1.54) is 70.6 Å². The fourth-order valence-electron chi connectivity index (χ4n) is 2.86. The Morgan fingerprint density at radius 2 is 1.17 bits per heavy atom. The maximum Gasteiger partial charge on any atom is 0.0748 e. The number of rotatable bonds is 15. The summed E-state index contributed by atoms with van der Waals surface area (Å²) in [4.78, 5) is 5.75. The van der Waals surface area contributed by atoms with Gasteiger partial charge in [-0.05, 0) is 18.6 Å². The van der Waals surface area contributed by atoms with Crippen molar-refractivity contribution in [3.63, 3.8) is 0 Å². The summed E-state index contributed by atoms with van der Waals surface area (Å²) in [6, 6.07) is 10.3. The number of para-hydroxylation sites is 1. The van der Waals surface area contributed by atoms with Gasteiger partial charge >= 0.3 is 0 Å². The fraction of sp³-hybridized carbons (Fsp3) is 0.714. The van der Waals surface area contributed by atoms with Crippen LogP contribution < -0.4 is 5.06 Å². The first kappa shape index (κ1) is 20.0. The first-order valence-corrected chi connectivity index (χ1v) is 9.76. The third-order valence-electron chi connectivity index (χ3n) is 4.40. The molecule has 0 unspecified atom stereocenters. The molecule has 0 aliphatic carbocycles. The molecule has 0 fully saturated rings. The smallest absolute Gasteiger partial charge is 0.0748 e. The Bertz CT molecular complexity index is 352. The molecule has 0 heterocycles. The van der Waals surface area contributed by atoms with E-state index < -0.39 is 0 Å². The lowest BCUT2D eigenvalue weighted by atomic mass is 10.1. The molecule has 0 amide bonds. The molecular weight excluding hydrogens is 282 g/mol. The molecule has 1 aromatic rings. The molecule has 0 saturated heterocycles. The average molecular weight is 320 g/mol. The van der Waals surface area contributed by atoms with Crippen molar-refractivity contribution in [1.29, 1.82) is 0 Å². The van der Waals surface area contributed by atoms with Gasteiger partial charge in [0.05, 0.1) is 12.3 Å². The molecule has 0 radical (unpaired) electrons. The van der Waals surface area contributed by atoms with Gasteiger partial charge in [0.2, 0.25) is 0 Å². The van der Waals surface area contributed by atoms with Gasteiger partial charge in [-0.2, -0.15) is 0 Å². The summed E-state index contributed by atoms with van der Waals surface area (Å²) >= 11 is 0. The number of hydroxylamine groups is 1. The van der Waals surface area contributed by atoms with E-state index >= 15 is 0 Å². The molecule has 0 saturated carbocycles. The van der Waals surface area contributed by atoms with Crippen molar-refractivity contribution >= 4 is 5.69 Å². The molecule has 0 bridgehead atoms. The second-order valence-electron chi connectivity index (χ2n) is 6.56. The van der Waals surface area contributed by atoms with Crippen molar-refractivity contribution in [3.05, 3.63) is 30.3 Å². The summed E-state index contributed by atoms with van der Waals surface area (Å²) in [5.41, 5.74) is 1.12. The van der Waals surface area contributed by atoms with Gasteiger partial charge in [-0.15, -0.1) is 0 Å². The molecule has 2 heteroatoms. The average Bonchev–Trinajstić information content (AvgIpc) is 2.59. The lowest BCUT2D eigenvalue weighted by molar-refractivity contribution is 0.117. The standard InChI is InChI=1S/C21H37NO/c1-3-4-5-6-7-8-9-10-11-12-13-17-20-23-22(2)21-18-15-14-16-19-21/h14-16,18-19H,3-13,17,20H2,1-2H3. The minimum atomic E-state index is 0.822. The first-order valence-electron chi connectivity index (χ1n) is 9.76. The highest BCUT2D eigenvalue weighted by molar-refractivity contribution is 5.42. The van der Waals surface area contributed by atoms with E-state index in [0.29, 0.717) is 0 Å². The van der Waals surface area contributed by atoms with E-state index in [1.807, 2.05) is 30.3 Å². The molecule has 1 rings (SSSR count). The lowest BCUT2D eigenvalue weighted by Gasteiger charge is -2.18. The minimum Gasteiger partial charge on any atom is -0.274 e. The van der Waals surface area contributed by atoms with Crippen LogP contribution in [-0.2, 0) is 4.84 Å². The quantitative estimate of drug-likeness (QED) is 0.262. The van der Waals surface area contributed by atoms with Gasteiger partial charge in [-0.3, -0.25) is 9.90 Å². The molecule has 0 atom stereocenters. The molecular formula is C21H37NO. The number of unbranched alkanes of at least 4 members (excludes halogenated alkanes) is 11. The van der Waals surface area contributed by atoms with Crippen LogP contribution in [0.25, 0.3) is 0 Å². The van der Waals surface area contributed by atoms with E-state index in [-0.39, 0.29) is 0 Å². The van der Waals surface area contributed by atoms with Crippen molar-refractivity contribution in [1.82, 2.24) is 0 Å². The summed E-state index contributed by atoms with van der Waals surface area (Å²) in [5, 5.41) is 1.87. The monoisotopic (exact) mass is 319 g/mol. The lowest BCUT2D eigenvalue weighted by Crippen LogP contribution is -2.18. The molecule has 2 nitrogen and oxygen atoms in total. The highest BCUT2D eigenvalue weighted by Crippen LogP contribution is 2.13. The van der Waals surface area contributed by atoms with E-state index in [9.17, 15) is 0 Å². The Morgan fingerprint density at radius 1 is 0.696 bits per heavy atom. The zero-order valence-corrected chi connectivity index (χ0v) is 15.4. The fourth-order valence-corrected chi connectivity index (χ4v) is 2.86. The molecule has 23 heavy (non-hydrogen) atoms. The molecule has 1 aromatic carbocycles. The van der Waals surface area contributed by atoms with Crippen LogP contribution >= 0.6 is 0 Å². The SMILES string of the molecule is CCCCCCCCCCCCCCON(C)c1ccccc1. The molecule has 132 valence electrons. The highest BCUT2D eigenvalue weighted by atomic mass is 16.7. The number of anilines is 1. The van der Waals surface area contributed by atoms with Crippen molar-refractivity contribution in [2.45, 2.75) is 84.0 Å². The van der Waals surface area contributed by atoms with Crippen LogP contribution in [0.2, 0.25) is 0 Å². The van der Waals surface area contributed by atoms with E-state index in [4.69, 9.17) is 4.84 Å². The summed E-state index contributed by atoms with van der Waals surface area (Å²) in [5.74, 6) is 0. The van der Waals surface area contributed by atoms with Gasteiger partial charge in [-0.25, -0.2) is 0 Å². The van der Waals surface area contributed by atoms with Crippen LogP contribution in [0.5, 0.6) is 0 Å². The zero-order valence-electron chi connectivity index (χ0n) is 15.4. The van der Waals surface area contributed by atoms with Gasteiger partial charge in [0.25, 0.3) is 0 Å². The maximum atomic E-state index is 5.75. The summed E-state index contributed by atoms with van der Waals surface area (Å²) < 4.78 is 0. The van der Waals surface area contributed by atoms with Gasteiger partial charge in [0, 0.05) is 7.05 Å². The normalized spacial score (nSPS) is 10.9. The Balaban J connectivity index is 1.81. The second kappa shape index (κ2) is 14.6. The first-order chi connectivity index (χ1) is 11.3. The van der Waals surface area contributed by atoms with Crippen LogP contribution in [-0.4, -0.2) is 13.7 Å². The predicted octanol–water partition coefficient (Wildman–Crippen LogP) is 6.76. The number of benzene rings is 1. The van der Waals surface area contributed by atoms with E-state index in [1.54, 1.807) is 0 Å². The Hall–Kier alpha value is -1.02. The topological polar surface area (TPSA) is 12.5 Å². The summed E-state index contributed by atoms with van der Waals surface area (Å²) in [6.45, 7) is 3.10. The van der Waals surface area contributed by atoms with Crippen molar-refractivity contribution < 1.29 is 4.84 Å². The van der Waals surface area contributed by atoms with Crippen molar-refractivity contribution in [2.24, 2.45) is 0 Å². The molecule has 0 N–H and O–H groups in total. The van der Waals surface area contributed by atoms with Gasteiger partial charge < -0.3 is 0 Å². The third-order valence-corrected chi connectivity index (χ3v) is 4.40. The predicted molar refractivity (Wildman–Crippen MR) is 102 cm³/mol. The van der Waals surface area contributed by atoms with Crippen LogP contribution in [0.3, 0.4) is 0 Å². The number of nitrogens with zero attached hydrogens (tertiary/aromatic N) is 1. The maximum absolute atomic E-state index is 5.75. The van der Waals surface area contributed by atoms with Gasteiger partial charge in [0.15, 0.2) is 0 Å². The molecule has 0 spiro atoms.